The fourth-order valence-electron chi connectivity index (χ4n) is 4.43. The van der Waals surface area contributed by atoms with Gasteiger partial charge in [0.1, 0.15) is 0 Å². The summed E-state index contributed by atoms with van der Waals surface area (Å²) in [6.45, 7) is 3.68. The second-order valence-electron chi connectivity index (χ2n) is 9.01. The highest BCUT2D eigenvalue weighted by atomic mass is 32.2. The van der Waals surface area contributed by atoms with Crippen molar-refractivity contribution >= 4 is 43.9 Å². The Morgan fingerprint density at radius 3 is 2.24 bits per heavy atom. The first-order valence-corrected chi connectivity index (χ1v) is 13.7. The van der Waals surface area contributed by atoms with Crippen LogP contribution >= 0.6 is 0 Å². The quantitative estimate of drug-likeness (QED) is 0.290. The van der Waals surface area contributed by atoms with E-state index in [0.717, 1.165) is 22.9 Å². The smallest absolute Gasteiger partial charge is 0.257 e. The zero-order chi connectivity index (χ0) is 27.0. The molecule has 3 N–H and O–H groups in total. The topological polar surface area (TPSA) is 126 Å². The predicted molar refractivity (Wildman–Crippen MR) is 147 cm³/mol. The second kappa shape index (κ2) is 9.64. The minimum Gasteiger partial charge on any atom is -0.322 e. The third-order valence-electron chi connectivity index (χ3n) is 6.30. The summed E-state index contributed by atoms with van der Waals surface area (Å²) in [5.74, 6) is -0.625. The van der Waals surface area contributed by atoms with Gasteiger partial charge < -0.3 is 15.2 Å². The molecule has 0 aliphatic rings. The molecule has 0 spiro atoms. The Morgan fingerprint density at radius 2 is 1.50 bits per heavy atom. The second-order valence-corrected chi connectivity index (χ2v) is 11.0. The van der Waals surface area contributed by atoms with Crippen LogP contribution in [-0.2, 0) is 9.84 Å². The van der Waals surface area contributed by atoms with E-state index in [9.17, 15) is 18.0 Å². The van der Waals surface area contributed by atoms with Crippen LogP contribution in [0.3, 0.4) is 0 Å². The molecule has 0 fully saturated rings. The molecule has 9 nitrogen and oxygen atoms in total. The molecule has 10 heteroatoms. The number of para-hydroxylation sites is 1. The number of anilines is 2. The van der Waals surface area contributed by atoms with E-state index in [1.54, 1.807) is 42.6 Å². The molecule has 0 bridgehead atoms. The molecule has 2 aromatic heterocycles. The number of aryl methyl sites for hydroxylation is 1. The molecule has 0 aliphatic carbocycles. The van der Waals surface area contributed by atoms with Crippen LogP contribution in [0.25, 0.3) is 16.6 Å². The standard InChI is InChI=1S/C28H25N5O4S/c1-17-14-24(28(35)30-20-8-11-22(12-9-20)38(3,36)37)18(2)33(17)26-7-5-4-6-23(26)27(34)31-21-10-13-25-19(15-21)16-29-32-25/h4-16H,1-3H3,(H,29,32)(H,30,35)(H,31,34). The van der Waals surface area contributed by atoms with Gasteiger partial charge in [0.05, 0.1) is 33.4 Å². The normalized spacial score (nSPS) is 11.4. The third-order valence-corrected chi connectivity index (χ3v) is 7.43. The monoisotopic (exact) mass is 527 g/mol. The Bertz CT molecular complexity index is 1800. The Labute approximate surface area is 219 Å². The molecule has 192 valence electrons. The molecular weight excluding hydrogens is 502 g/mol. The lowest BCUT2D eigenvalue weighted by Gasteiger charge is -2.15. The highest BCUT2D eigenvalue weighted by Gasteiger charge is 2.21. The minimum absolute atomic E-state index is 0.174. The minimum atomic E-state index is -3.33. The van der Waals surface area contributed by atoms with E-state index >= 15 is 0 Å². The number of aromatic amines is 1. The van der Waals surface area contributed by atoms with Gasteiger partial charge in [0, 0.05) is 34.4 Å². The summed E-state index contributed by atoms with van der Waals surface area (Å²) in [6, 6.07) is 20.5. The van der Waals surface area contributed by atoms with Gasteiger partial charge in [-0.1, -0.05) is 12.1 Å². The van der Waals surface area contributed by atoms with Gasteiger partial charge in [-0.3, -0.25) is 14.7 Å². The van der Waals surface area contributed by atoms with Gasteiger partial charge in [-0.2, -0.15) is 5.10 Å². The molecule has 0 atom stereocenters. The lowest BCUT2D eigenvalue weighted by atomic mass is 10.1. The zero-order valence-electron chi connectivity index (χ0n) is 20.9. The average Bonchev–Trinajstić information content (AvgIpc) is 3.47. The Hall–Kier alpha value is -4.70. The molecule has 5 rings (SSSR count). The van der Waals surface area contributed by atoms with Crippen LogP contribution in [0.1, 0.15) is 32.1 Å². The van der Waals surface area contributed by atoms with Gasteiger partial charge in [-0.15, -0.1) is 0 Å². The number of benzene rings is 3. The zero-order valence-corrected chi connectivity index (χ0v) is 21.8. The van der Waals surface area contributed by atoms with Crippen molar-refractivity contribution in [1.29, 1.82) is 0 Å². The van der Waals surface area contributed by atoms with Crippen LogP contribution in [0.15, 0.2) is 83.9 Å². The van der Waals surface area contributed by atoms with Crippen molar-refractivity contribution in [2.24, 2.45) is 0 Å². The number of hydrogen-bond donors (Lipinski definition) is 3. The molecule has 2 heterocycles. The van der Waals surface area contributed by atoms with Crippen LogP contribution < -0.4 is 10.6 Å². The number of amides is 2. The number of rotatable bonds is 6. The van der Waals surface area contributed by atoms with Crippen LogP contribution in [0, 0.1) is 13.8 Å². The molecule has 0 saturated heterocycles. The van der Waals surface area contributed by atoms with Gasteiger partial charge in [0.2, 0.25) is 0 Å². The fraction of sp³-hybridized carbons (Fsp3) is 0.107. The highest BCUT2D eigenvalue weighted by molar-refractivity contribution is 7.90. The largest absolute Gasteiger partial charge is 0.322 e. The predicted octanol–water partition coefficient (Wildman–Crippen LogP) is 4.88. The van der Waals surface area contributed by atoms with Crippen molar-refractivity contribution in [1.82, 2.24) is 14.8 Å². The van der Waals surface area contributed by atoms with Crippen molar-refractivity contribution in [3.8, 4) is 5.69 Å². The number of carbonyl (C=O) groups is 2. The molecule has 3 aromatic carbocycles. The number of nitrogens with one attached hydrogen (secondary N) is 3. The first-order valence-electron chi connectivity index (χ1n) is 11.8. The van der Waals surface area contributed by atoms with E-state index in [2.05, 4.69) is 20.8 Å². The van der Waals surface area contributed by atoms with Crippen LogP contribution in [0.4, 0.5) is 11.4 Å². The maximum atomic E-state index is 13.3. The first kappa shape index (κ1) is 25.0. The Morgan fingerprint density at radius 1 is 0.842 bits per heavy atom. The van der Waals surface area contributed by atoms with Crippen molar-refractivity contribution in [2.45, 2.75) is 18.7 Å². The first-order chi connectivity index (χ1) is 18.1. The van der Waals surface area contributed by atoms with E-state index < -0.39 is 9.84 Å². The van der Waals surface area contributed by atoms with Crippen LogP contribution in [-0.4, -0.2) is 41.3 Å². The van der Waals surface area contributed by atoms with Crippen molar-refractivity contribution in [3.05, 3.63) is 102 Å². The van der Waals surface area contributed by atoms with Gasteiger partial charge in [0.25, 0.3) is 11.8 Å². The van der Waals surface area contributed by atoms with Gasteiger partial charge in [-0.05, 0) is 74.5 Å². The highest BCUT2D eigenvalue weighted by Crippen LogP contribution is 2.26. The van der Waals surface area contributed by atoms with Crippen molar-refractivity contribution < 1.29 is 18.0 Å². The molecular formula is C28H25N5O4S. The summed E-state index contributed by atoms with van der Waals surface area (Å²) >= 11 is 0. The number of nitrogens with zero attached hydrogens (tertiary/aromatic N) is 2. The molecule has 0 unspecified atom stereocenters. The molecule has 38 heavy (non-hydrogen) atoms. The molecule has 0 saturated carbocycles. The number of hydrogen-bond acceptors (Lipinski definition) is 5. The van der Waals surface area contributed by atoms with E-state index in [-0.39, 0.29) is 16.7 Å². The molecule has 0 aliphatic heterocycles. The van der Waals surface area contributed by atoms with E-state index in [4.69, 9.17) is 0 Å². The Balaban J connectivity index is 1.42. The number of sulfone groups is 1. The molecule has 5 aromatic rings. The van der Waals surface area contributed by atoms with E-state index in [0.29, 0.717) is 33.9 Å². The molecule has 2 amide bonds. The maximum Gasteiger partial charge on any atom is 0.257 e. The maximum absolute atomic E-state index is 13.3. The lowest BCUT2D eigenvalue weighted by molar-refractivity contribution is 0.101. The lowest BCUT2D eigenvalue weighted by Crippen LogP contribution is -2.16. The summed E-state index contributed by atoms with van der Waals surface area (Å²) in [5, 5.41) is 13.6. The van der Waals surface area contributed by atoms with Gasteiger partial charge >= 0.3 is 0 Å². The summed E-state index contributed by atoms with van der Waals surface area (Å²) in [5.41, 5.74) is 4.96. The molecule has 0 radical (unpaired) electrons. The van der Waals surface area contributed by atoms with Crippen LogP contribution in [0.2, 0.25) is 0 Å². The fourth-order valence-corrected chi connectivity index (χ4v) is 5.06. The van der Waals surface area contributed by atoms with Crippen molar-refractivity contribution in [3.63, 3.8) is 0 Å². The number of fused-ring (bicyclic) bond motifs is 1. The summed E-state index contributed by atoms with van der Waals surface area (Å²) in [4.78, 5) is 26.6. The van der Waals surface area contributed by atoms with E-state index in [1.165, 1.54) is 12.1 Å². The summed E-state index contributed by atoms with van der Waals surface area (Å²) < 4.78 is 25.3. The van der Waals surface area contributed by atoms with Gasteiger partial charge in [0.15, 0.2) is 9.84 Å². The average molecular weight is 528 g/mol. The Kier molecular flexibility index (Phi) is 6.33. The summed E-state index contributed by atoms with van der Waals surface area (Å²) in [6.07, 6.45) is 2.82. The number of carbonyl (C=O) groups excluding carboxylic acids is 2. The number of aromatic nitrogens is 3. The SMILES string of the molecule is Cc1cc(C(=O)Nc2ccc(S(C)(=O)=O)cc2)c(C)n1-c1ccccc1C(=O)Nc1ccc2[nH]ncc2c1. The van der Waals surface area contributed by atoms with Crippen molar-refractivity contribution in [2.75, 3.05) is 16.9 Å². The van der Waals surface area contributed by atoms with Gasteiger partial charge in [-0.25, -0.2) is 8.42 Å². The van der Waals surface area contributed by atoms with Crippen LogP contribution in [0.5, 0.6) is 0 Å². The number of H-pyrrole nitrogens is 1. The third kappa shape index (κ3) is 4.81. The van der Waals surface area contributed by atoms with E-state index in [1.807, 2.05) is 42.7 Å². The summed E-state index contributed by atoms with van der Waals surface area (Å²) in [7, 11) is -3.33.